The van der Waals surface area contributed by atoms with Gasteiger partial charge in [0.25, 0.3) is 15.7 Å². The molecule has 0 spiro atoms. The summed E-state index contributed by atoms with van der Waals surface area (Å²) in [6.45, 7) is 1.75. The van der Waals surface area contributed by atoms with Crippen LogP contribution in [0.5, 0.6) is 11.5 Å². The van der Waals surface area contributed by atoms with E-state index in [1.165, 1.54) is 32.4 Å². The van der Waals surface area contributed by atoms with Gasteiger partial charge >= 0.3 is 0 Å². The first-order valence-corrected chi connectivity index (χ1v) is 8.26. The number of nitro groups is 1. The fourth-order valence-corrected chi connectivity index (χ4v) is 3.40. The number of hydrogen-bond acceptors (Lipinski definition) is 6. The molecule has 0 aliphatic carbocycles. The Morgan fingerprint density at radius 3 is 2.29 bits per heavy atom. The molecule has 0 bridgehead atoms. The van der Waals surface area contributed by atoms with E-state index >= 15 is 0 Å². The van der Waals surface area contributed by atoms with Crippen molar-refractivity contribution in [1.82, 2.24) is 0 Å². The van der Waals surface area contributed by atoms with E-state index in [4.69, 9.17) is 9.47 Å². The van der Waals surface area contributed by atoms with Gasteiger partial charge in [-0.15, -0.1) is 0 Å². The average Bonchev–Trinajstić information content (AvgIpc) is 2.54. The highest BCUT2D eigenvalue weighted by Gasteiger charge is 2.22. The Balaban J connectivity index is 2.47. The topological polar surface area (TPSA) is 108 Å². The summed E-state index contributed by atoms with van der Waals surface area (Å²) in [5.41, 5.74) is 0.626. The van der Waals surface area contributed by atoms with E-state index in [2.05, 4.69) is 4.72 Å². The van der Waals surface area contributed by atoms with Crippen LogP contribution in [-0.4, -0.2) is 27.6 Å². The second-order valence-electron chi connectivity index (χ2n) is 4.90. The number of sulfonamides is 1. The highest BCUT2D eigenvalue weighted by Crippen LogP contribution is 2.32. The Morgan fingerprint density at radius 2 is 1.71 bits per heavy atom. The van der Waals surface area contributed by atoms with Crippen molar-refractivity contribution in [3.8, 4) is 11.5 Å². The Bertz CT molecular complexity index is 880. The predicted molar refractivity (Wildman–Crippen MR) is 88.2 cm³/mol. The van der Waals surface area contributed by atoms with Gasteiger partial charge in [-0.3, -0.25) is 14.8 Å². The number of ether oxygens (including phenoxy) is 2. The largest absolute Gasteiger partial charge is 0.495 e. The summed E-state index contributed by atoms with van der Waals surface area (Å²) < 4.78 is 37.8. The third-order valence-electron chi connectivity index (χ3n) is 3.25. The number of nitrogens with one attached hydrogen (secondary N) is 1. The monoisotopic (exact) mass is 352 g/mol. The quantitative estimate of drug-likeness (QED) is 0.632. The third-order valence-corrected chi connectivity index (χ3v) is 4.64. The van der Waals surface area contributed by atoms with Gasteiger partial charge in [0.1, 0.15) is 16.4 Å². The van der Waals surface area contributed by atoms with Crippen LogP contribution in [0.4, 0.5) is 11.4 Å². The van der Waals surface area contributed by atoms with Crippen molar-refractivity contribution < 1.29 is 22.8 Å². The molecule has 0 atom stereocenters. The van der Waals surface area contributed by atoms with Crippen LogP contribution in [0.2, 0.25) is 0 Å². The molecule has 8 nitrogen and oxygen atoms in total. The highest BCUT2D eigenvalue weighted by molar-refractivity contribution is 7.92. The molecular formula is C15H16N2O6S. The van der Waals surface area contributed by atoms with Crippen molar-refractivity contribution in [2.24, 2.45) is 0 Å². The second-order valence-corrected chi connectivity index (χ2v) is 6.55. The first-order chi connectivity index (χ1) is 11.3. The molecule has 0 aliphatic rings. The van der Waals surface area contributed by atoms with E-state index in [0.29, 0.717) is 0 Å². The first-order valence-electron chi connectivity index (χ1n) is 6.78. The molecular weight excluding hydrogens is 336 g/mol. The summed E-state index contributed by atoms with van der Waals surface area (Å²) in [6.07, 6.45) is 0. The number of anilines is 1. The zero-order valence-electron chi connectivity index (χ0n) is 13.3. The normalized spacial score (nSPS) is 11.0. The molecule has 0 heterocycles. The molecule has 0 saturated carbocycles. The zero-order chi connectivity index (χ0) is 17.9. The molecule has 2 aromatic rings. The average molecular weight is 352 g/mol. The molecule has 0 aliphatic heterocycles. The Hall–Kier alpha value is -2.81. The fourth-order valence-electron chi connectivity index (χ4n) is 2.07. The van der Waals surface area contributed by atoms with Gasteiger partial charge in [-0.25, -0.2) is 8.42 Å². The number of aryl methyl sites for hydroxylation is 1. The maximum atomic E-state index is 12.6. The number of hydrogen-bond donors (Lipinski definition) is 1. The summed E-state index contributed by atoms with van der Waals surface area (Å²) >= 11 is 0. The minimum Gasteiger partial charge on any atom is -0.495 e. The SMILES string of the molecule is COc1cc([N+](=O)[O-])ccc1NS(=O)(=O)c1cc(C)ccc1OC. The van der Waals surface area contributed by atoms with Gasteiger partial charge < -0.3 is 9.47 Å². The zero-order valence-corrected chi connectivity index (χ0v) is 14.1. The minimum atomic E-state index is -3.97. The molecule has 2 aromatic carbocycles. The lowest BCUT2D eigenvalue weighted by Crippen LogP contribution is -2.15. The lowest BCUT2D eigenvalue weighted by molar-refractivity contribution is -0.384. The standard InChI is InChI=1S/C15H16N2O6S/c1-10-4-7-13(22-2)15(8-10)24(20,21)16-12-6-5-11(17(18)19)9-14(12)23-3/h4-9,16H,1-3H3. The molecule has 128 valence electrons. The van der Waals surface area contributed by atoms with Crippen LogP contribution in [0.3, 0.4) is 0 Å². The maximum absolute atomic E-state index is 12.6. The van der Waals surface area contributed by atoms with Gasteiger partial charge in [-0.2, -0.15) is 0 Å². The van der Waals surface area contributed by atoms with Gasteiger partial charge in [0.05, 0.1) is 30.9 Å². The minimum absolute atomic E-state index is 0.0367. The van der Waals surface area contributed by atoms with E-state index in [1.54, 1.807) is 19.1 Å². The summed E-state index contributed by atoms with van der Waals surface area (Å²) in [5, 5.41) is 10.8. The van der Waals surface area contributed by atoms with Crippen LogP contribution in [0, 0.1) is 17.0 Å². The number of rotatable bonds is 6. The van der Waals surface area contributed by atoms with Crippen molar-refractivity contribution in [1.29, 1.82) is 0 Å². The first kappa shape index (κ1) is 17.5. The fraction of sp³-hybridized carbons (Fsp3) is 0.200. The van der Waals surface area contributed by atoms with E-state index < -0.39 is 14.9 Å². The van der Waals surface area contributed by atoms with Gasteiger partial charge in [-0.05, 0) is 30.7 Å². The lowest BCUT2D eigenvalue weighted by atomic mass is 10.2. The number of non-ortho nitro benzene ring substituents is 1. The van der Waals surface area contributed by atoms with Gasteiger partial charge in [-0.1, -0.05) is 6.07 Å². The summed E-state index contributed by atoms with van der Waals surface area (Å²) in [4.78, 5) is 10.2. The highest BCUT2D eigenvalue weighted by atomic mass is 32.2. The third kappa shape index (κ3) is 3.57. The molecule has 0 radical (unpaired) electrons. The van der Waals surface area contributed by atoms with Gasteiger partial charge in [0, 0.05) is 6.07 Å². The van der Waals surface area contributed by atoms with Crippen LogP contribution < -0.4 is 14.2 Å². The summed E-state index contributed by atoms with van der Waals surface area (Å²) in [5.74, 6) is 0.230. The van der Waals surface area contributed by atoms with E-state index in [0.717, 1.165) is 11.6 Å². The van der Waals surface area contributed by atoms with Crippen LogP contribution in [0.15, 0.2) is 41.3 Å². The molecule has 1 N–H and O–H groups in total. The van der Waals surface area contributed by atoms with Crippen molar-refractivity contribution in [2.75, 3.05) is 18.9 Å². The van der Waals surface area contributed by atoms with E-state index in [-0.39, 0.29) is 27.8 Å². The Morgan fingerprint density at radius 1 is 1.04 bits per heavy atom. The lowest BCUT2D eigenvalue weighted by Gasteiger charge is -2.14. The maximum Gasteiger partial charge on any atom is 0.273 e. The number of nitrogens with zero attached hydrogens (tertiary/aromatic N) is 1. The molecule has 0 unspecified atom stereocenters. The number of nitro benzene ring substituents is 1. The van der Waals surface area contributed by atoms with Crippen molar-refractivity contribution in [3.05, 3.63) is 52.1 Å². The van der Waals surface area contributed by atoms with Crippen LogP contribution in [0.25, 0.3) is 0 Å². The summed E-state index contributed by atoms with van der Waals surface area (Å²) in [6, 6.07) is 8.36. The predicted octanol–water partition coefficient (Wildman–Crippen LogP) is 2.72. The van der Waals surface area contributed by atoms with Crippen molar-refractivity contribution in [3.63, 3.8) is 0 Å². The Kier molecular flexibility index (Phi) is 4.93. The van der Waals surface area contributed by atoms with E-state index in [9.17, 15) is 18.5 Å². The van der Waals surface area contributed by atoms with Gasteiger partial charge in [0.15, 0.2) is 0 Å². The second kappa shape index (κ2) is 6.75. The smallest absolute Gasteiger partial charge is 0.273 e. The Labute approximate surface area is 139 Å². The molecule has 0 saturated heterocycles. The molecule has 0 aromatic heterocycles. The molecule has 0 fully saturated rings. The molecule has 0 amide bonds. The molecule has 24 heavy (non-hydrogen) atoms. The number of benzene rings is 2. The number of methoxy groups -OCH3 is 2. The van der Waals surface area contributed by atoms with Gasteiger partial charge in [0.2, 0.25) is 0 Å². The van der Waals surface area contributed by atoms with Crippen LogP contribution in [0.1, 0.15) is 5.56 Å². The van der Waals surface area contributed by atoms with Crippen LogP contribution in [-0.2, 0) is 10.0 Å². The molecule has 9 heteroatoms. The van der Waals surface area contributed by atoms with Crippen molar-refractivity contribution in [2.45, 2.75) is 11.8 Å². The van der Waals surface area contributed by atoms with E-state index in [1.807, 2.05) is 0 Å². The molecule has 2 rings (SSSR count). The van der Waals surface area contributed by atoms with Crippen LogP contribution >= 0.6 is 0 Å². The summed E-state index contributed by atoms with van der Waals surface area (Å²) in [7, 11) is -1.30. The van der Waals surface area contributed by atoms with Crippen molar-refractivity contribution >= 4 is 21.4 Å².